The Hall–Kier alpha value is -6.23. The number of hydrogen-bond donors (Lipinski definition) is 2. The number of hydrogen-bond acceptors (Lipinski definition) is 13. The highest BCUT2D eigenvalue weighted by atomic mass is 32.2. The minimum atomic E-state index is -0.723. The summed E-state index contributed by atoms with van der Waals surface area (Å²) >= 11 is 1.50. The Bertz CT molecular complexity index is 1730. The van der Waals surface area contributed by atoms with Gasteiger partial charge in [0.05, 0.1) is 43.2 Å². The number of non-ortho nitro benzene ring substituents is 2. The van der Waals surface area contributed by atoms with Gasteiger partial charge in [0, 0.05) is 21.9 Å². The van der Waals surface area contributed by atoms with Crippen LogP contribution in [0, 0.1) is 40.5 Å². The first kappa shape index (κ1) is 31.7. The maximum absolute atomic E-state index is 11.3. The minimum Gasteiger partial charge on any atom is -0.271 e. The van der Waals surface area contributed by atoms with Gasteiger partial charge in [0.1, 0.15) is 11.4 Å². The molecule has 4 rings (SSSR count). The number of nitrogens with one attached hydrogen (secondary N) is 2. The molecule has 0 aliphatic carbocycles. The maximum atomic E-state index is 11.3. The fraction of sp³-hybridized carbons (Fsp3) is 0.0714. The fourth-order valence-corrected chi connectivity index (χ4v) is 4.66. The number of anilines is 2. The van der Waals surface area contributed by atoms with Gasteiger partial charge in [0.25, 0.3) is 11.4 Å². The summed E-state index contributed by atoms with van der Waals surface area (Å²) < 4.78 is 0. The second kappa shape index (κ2) is 13.8. The summed E-state index contributed by atoms with van der Waals surface area (Å²) in [6.45, 7) is 3.42. The van der Waals surface area contributed by atoms with Gasteiger partial charge >= 0.3 is 11.4 Å². The van der Waals surface area contributed by atoms with Gasteiger partial charge in [-0.05, 0) is 61.4 Å². The van der Waals surface area contributed by atoms with Gasteiger partial charge in [-0.2, -0.15) is 10.2 Å². The topological polar surface area (TPSA) is 221 Å². The summed E-state index contributed by atoms with van der Waals surface area (Å²) in [4.78, 5) is 43.5. The SMILES string of the molecule is C/C(=N\Nc1ccc([N+](=O)[O-])cc1[N+](=O)[O-])c1ccc(Sc2ccc(/C(C)=N/Nc3ccc([N+](=O)[O-])cc3[N+](=O)[O-])cc2)cc1. The molecule has 0 radical (unpaired) electrons. The van der Waals surface area contributed by atoms with Gasteiger partial charge in [0.2, 0.25) is 0 Å². The third-order valence-corrected chi connectivity index (χ3v) is 7.26. The lowest BCUT2D eigenvalue weighted by molar-refractivity contribution is -0.393. The Morgan fingerprint density at radius 1 is 0.556 bits per heavy atom. The zero-order valence-corrected chi connectivity index (χ0v) is 24.3. The summed E-state index contributed by atoms with van der Waals surface area (Å²) in [6.07, 6.45) is 0. The van der Waals surface area contributed by atoms with E-state index < -0.39 is 42.4 Å². The number of hydrazone groups is 2. The Morgan fingerprint density at radius 2 is 0.911 bits per heavy atom. The van der Waals surface area contributed by atoms with Crippen molar-refractivity contribution in [2.24, 2.45) is 10.2 Å². The first-order chi connectivity index (χ1) is 21.4. The Kier molecular flexibility index (Phi) is 9.74. The third-order valence-electron chi connectivity index (χ3n) is 6.25. The van der Waals surface area contributed by atoms with Crippen molar-refractivity contribution in [1.29, 1.82) is 0 Å². The van der Waals surface area contributed by atoms with Crippen LogP contribution >= 0.6 is 11.8 Å². The normalized spacial score (nSPS) is 11.5. The first-order valence-corrected chi connectivity index (χ1v) is 13.6. The molecule has 0 aromatic heterocycles. The predicted molar refractivity (Wildman–Crippen MR) is 168 cm³/mol. The van der Waals surface area contributed by atoms with Crippen molar-refractivity contribution in [1.82, 2.24) is 0 Å². The second-order valence-corrected chi connectivity index (χ2v) is 10.3. The van der Waals surface area contributed by atoms with Crippen LogP contribution in [-0.4, -0.2) is 31.1 Å². The predicted octanol–water partition coefficient (Wildman–Crippen LogP) is 7.14. The van der Waals surface area contributed by atoms with Crippen LogP contribution in [0.2, 0.25) is 0 Å². The van der Waals surface area contributed by atoms with Crippen LogP contribution in [-0.2, 0) is 0 Å². The van der Waals surface area contributed by atoms with E-state index in [1.54, 1.807) is 13.8 Å². The molecule has 0 saturated carbocycles. The van der Waals surface area contributed by atoms with E-state index in [2.05, 4.69) is 21.1 Å². The molecule has 16 nitrogen and oxygen atoms in total. The molecule has 2 N–H and O–H groups in total. The van der Waals surface area contributed by atoms with E-state index in [4.69, 9.17) is 0 Å². The van der Waals surface area contributed by atoms with Gasteiger partial charge in [-0.15, -0.1) is 0 Å². The van der Waals surface area contributed by atoms with E-state index in [1.807, 2.05) is 48.5 Å². The van der Waals surface area contributed by atoms with Crippen molar-refractivity contribution in [3.8, 4) is 0 Å². The van der Waals surface area contributed by atoms with E-state index in [0.29, 0.717) is 11.4 Å². The highest BCUT2D eigenvalue weighted by molar-refractivity contribution is 7.99. The molecule has 0 fully saturated rings. The summed E-state index contributed by atoms with van der Waals surface area (Å²) in [7, 11) is 0. The molecule has 228 valence electrons. The molecule has 0 spiro atoms. The molecule has 4 aromatic carbocycles. The lowest BCUT2D eigenvalue weighted by Crippen LogP contribution is -2.02. The van der Waals surface area contributed by atoms with E-state index in [0.717, 1.165) is 45.2 Å². The largest absolute Gasteiger partial charge is 0.301 e. The van der Waals surface area contributed by atoms with Gasteiger partial charge < -0.3 is 0 Å². The highest BCUT2D eigenvalue weighted by Crippen LogP contribution is 2.31. The van der Waals surface area contributed by atoms with Gasteiger partial charge in [-0.1, -0.05) is 36.0 Å². The lowest BCUT2D eigenvalue weighted by atomic mass is 10.1. The average molecular weight is 631 g/mol. The van der Waals surface area contributed by atoms with Crippen LogP contribution in [0.4, 0.5) is 34.1 Å². The quantitative estimate of drug-likeness (QED) is 0.0908. The lowest BCUT2D eigenvalue weighted by Gasteiger charge is -2.07. The number of benzene rings is 4. The second-order valence-electron chi connectivity index (χ2n) is 9.20. The maximum Gasteiger partial charge on any atom is 0.301 e. The zero-order valence-electron chi connectivity index (χ0n) is 23.4. The Morgan fingerprint density at radius 3 is 1.22 bits per heavy atom. The molecule has 0 bridgehead atoms. The van der Waals surface area contributed by atoms with Gasteiger partial charge in [-0.3, -0.25) is 51.3 Å². The molecule has 45 heavy (non-hydrogen) atoms. The van der Waals surface area contributed by atoms with Crippen molar-refractivity contribution < 1.29 is 19.7 Å². The zero-order chi connectivity index (χ0) is 32.7. The van der Waals surface area contributed by atoms with E-state index in [-0.39, 0.29) is 11.4 Å². The molecule has 17 heteroatoms. The third kappa shape index (κ3) is 7.99. The smallest absolute Gasteiger partial charge is 0.271 e. The van der Waals surface area contributed by atoms with Crippen molar-refractivity contribution in [2.45, 2.75) is 23.6 Å². The highest BCUT2D eigenvalue weighted by Gasteiger charge is 2.20. The Labute approximate surface area is 258 Å². The molecule has 0 aliphatic rings. The van der Waals surface area contributed by atoms with Crippen LogP contribution in [0.3, 0.4) is 0 Å². The molecular weight excluding hydrogens is 608 g/mol. The van der Waals surface area contributed by atoms with Crippen LogP contribution in [0.1, 0.15) is 25.0 Å². The van der Waals surface area contributed by atoms with Crippen molar-refractivity contribution in [2.75, 3.05) is 10.9 Å². The Balaban J connectivity index is 1.39. The minimum absolute atomic E-state index is 0.0179. The van der Waals surface area contributed by atoms with Crippen LogP contribution < -0.4 is 10.9 Å². The summed E-state index contributed by atoms with van der Waals surface area (Å²) in [5.74, 6) is 0. The van der Waals surface area contributed by atoms with Crippen LogP contribution in [0.25, 0.3) is 0 Å². The molecule has 0 amide bonds. The molecule has 0 unspecified atom stereocenters. The summed E-state index contributed by atoms with van der Waals surface area (Å²) in [5.41, 5.74) is 6.09. The van der Waals surface area contributed by atoms with Crippen molar-refractivity contribution in [3.05, 3.63) is 137 Å². The molecule has 0 saturated heterocycles. The van der Waals surface area contributed by atoms with Gasteiger partial charge in [-0.25, -0.2) is 0 Å². The number of rotatable bonds is 12. The van der Waals surface area contributed by atoms with Crippen LogP contribution in [0.5, 0.6) is 0 Å². The summed E-state index contributed by atoms with van der Waals surface area (Å²) in [5, 5.41) is 52.9. The molecule has 0 aliphatic heterocycles. The number of nitro groups is 4. The fourth-order valence-electron chi connectivity index (χ4n) is 3.84. The van der Waals surface area contributed by atoms with E-state index >= 15 is 0 Å². The van der Waals surface area contributed by atoms with E-state index in [1.165, 1.54) is 23.9 Å². The average Bonchev–Trinajstić information content (AvgIpc) is 3.02. The molecule has 0 atom stereocenters. The van der Waals surface area contributed by atoms with Crippen molar-refractivity contribution in [3.63, 3.8) is 0 Å². The van der Waals surface area contributed by atoms with E-state index in [9.17, 15) is 40.5 Å². The van der Waals surface area contributed by atoms with Crippen LogP contribution in [0.15, 0.2) is 105 Å². The number of nitro benzene ring substituents is 4. The standard InChI is InChI=1S/C28H22N8O8S/c1-17(29-31-25-13-7-21(33(37)38)15-27(25)35(41)42)19-3-9-23(10-4-19)45-24-11-5-20(6-12-24)18(2)30-32-26-14-8-22(34(39)40)16-28(26)36(43)44/h3-16,31-32H,1-2H3/b29-17+,30-18+. The van der Waals surface area contributed by atoms with Gasteiger partial charge in [0.15, 0.2) is 0 Å². The monoisotopic (exact) mass is 630 g/mol. The molecular formula is C28H22N8O8S. The summed E-state index contributed by atoms with van der Waals surface area (Å²) in [6, 6.07) is 21.4. The first-order valence-electron chi connectivity index (χ1n) is 12.8. The molecule has 4 aromatic rings. The molecule has 0 heterocycles. The number of nitrogens with zero attached hydrogens (tertiary/aromatic N) is 6. The van der Waals surface area contributed by atoms with Crippen molar-refractivity contribution >= 4 is 57.3 Å².